The second-order valence-electron chi connectivity index (χ2n) is 5.39. The van der Waals surface area contributed by atoms with Crippen molar-refractivity contribution in [2.24, 2.45) is 0 Å². The van der Waals surface area contributed by atoms with Gasteiger partial charge in [0.25, 0.3) is 0 Å². The number of benzene rings is 2. The maximum absolute atomic E-state index is 14.3. The van der Waals surface area contributed by atoms with Crippen LogP contribution in [-0.2, 0) is 0 Å². The van der Waals surface area contributed by atoms with Crippen LogP contribution in [0.15, 0.2) is 52.9 Å². The first-order chi connectivity index (χ1) is 11.3. The topological polar surface area (TPSA) is 73.0 Å². The van der Waals surface area contributed by atoms with Gasteiger partial charge in [0.1, 0.15) is 23.2 Å². The molecule has 1 aliphatic heterocycles. The van der Waals surface area contributed by atoms with Gasteiger partial charge in [0.05, 0.1) is 17.7 Å². The summed E-state index contributed by atoms with van der Waals surface area (Å²) in [5.41, 5.74) is 10.4. The Morgan fingerprint density at radius 2 is 1.96 bits per heavy atom. The minimum absolute atomic E-state index is 0.274. The number of halogens is 1. The highest BCUT2D eigenvalue weighted by Crippen LogP contribution is 2.32. The molecule has 3 aromatic rings. The molecule has 1 fully saturated rings. The van der Waals surface area contributed by atoms with Gasteiger partial charge in [-0.3, -0.25) is 0 Å². The molecule has 2 heterocycles. The van der Waals surface area contributed by atoms with Gasteiger partial charge >= 0.3 is 0 Å². The average Bonchev–Trinajstić information content (AvgIpc) is 3.21. The normalized spacial score (nSPS) is 20.7. The lowest BCUT2D eigenvalue weighted by molar-refractivity contribution is 0.553. The summed E-state index contributed by atoms with van der Waals surface area (Å²) in [5.74, 6) is 0.109. The van der Waals surface area contributed by atoms with Gasteiger partial charge in [0.2, 0.25) is 0 Å². The Balaban J connectivity index is 1.79. The number of furan rings is 1. The lowest BCUT2D eigenvalue weighted by atomic mass is 9.98. The van der Waals surface area contributed by atoms with Crippen LogP contribution in [0.2, 0.25) is 0 Å². The zero-order valence-corrected chi connectivity index (χ0v) is 12.0. The van der Waals surface area contributed by atoms with Crippen LogP contribution in [0.4, 0.5) is 4.39 Å². The summed E-state index contributed by atoms with van der Waals surface area (Å²) in [6.45, 7) is 0. The molecule has 0 saturated carbocycles. The predicted octanol–water partition coefficient (Wildman–Crippen LogP) is 2.78. The summed E-state index contributed by atoms with van der Waals surface area (Å²) in [4.78, 5) is 0. The molecule has 2 atom stereocenters. The largest absolute Gasteiger partial charge is 0.456 e. The number of hydrazine groups is 2. The molecule has 1 aromatic heterocycles. The second kappa shape index (κ2) is 5.48. The molecular weight excluding hydrogens is 295 g/mol. The standard InChI is InChI=1S/C17H13FN4O/c18-13-6-5-11(17-14(9-19)20-22-21-17)7-12(13)16-8-10-3-1-2-4-15(10)23-16/h1-8,14,17,20-22H. The van der Waals surface area contributed by atoms with Crippen LogP contribution >= 0.6 is 0 Å². The molecule has 3 N–H and O–H groups in total. The number of fused-ring (bicyclic) bond motifs is 1. The van der Waals surface area contributed by atoms with Gasteiger partial charge in [-0.1, -0.05) is 24.3 Å². The van der Waals surface area contributed by atoms with E-state index in [0.29, 0.717) is 16.9 Å². The summed E-state index contributed by atoms with van der Waals surface area (Å²) >= 11 is 0. The summed E-state index contributed by atoms with van der Waals surface area (Å²) < 4.78 is 20.0. The molecule has 6 heteroatoms. The minimum atomic E-state index is -0.441. The number of nitriles is 1. The fraction of sp³-hybridized carbons (Fsp3) is 0.118. The van der Waals surface area contributed by atoms with Crippen LogP contribution < -0.4 is 16.4 Å². The molecular formula is C17H13FN4O. The number of nitrogens with one attached hydrogen (secondary N) is 3. The molecule has 0 amide bonds. The van der Waals surface area contributed by atoms with Crippen LogP contribution in [0.5, 0.6) is 0 Å². The third-order valence-electron chi connectivity index (χ3n) is 3.97. The first-order valence-electron chi connectivity index (χ1n) is 7.20. The second-order valence-corrected chi connectivity index (χ2v) is 5.39. The number of hydrogen-bond acceptors (Lipinski definition) is 5. The van der Waals surface area contributed by atoms with Crippen molar-refractivity contribution in [1.29, 1.82) is 5.26 Å². The zero-order valence-electron chi connectivity index (χ0n) is 12.0. The van der Waals surface area contributed by atoms with Crippen molar-refractivity contribution in [2.75, 3.05) is 0 Å². The first kappa shape index (κ1) is 13.9. The molecule has 114 valence electrons. The Morgan fingerprint density at radius 3 is 2.78 bits per heavy atom. The molecule has 0 bridgehead atoms. The maximum Gasteiger partial charge on any atom is 0.138 e. The summed E-state index contributed by atoms with van der Waals surface area (Å²) in [7, 11) is 0. The van der Waals surface area contributed by atoms with Crippen molar-refractivity contribution in [1.82, 2.24) is 16.4 Å². The minimum Gasteiger partial charge on any atom is -0.456 e. The Kier molecular flexibility index (Phi) is 3.32. The van der Waals surface area contributed by atoms with Gasteiger partial charge in [-0.15, -0.1) is 0 Å². The molecule has 23 heavy (non-hydrogen) atoms. The number of para-hydroxylation sites is 1. The van der Waals surface area contributed by atoms with Crippen molar-refractivity contribution < 1.29 is 8.81 Å². The monoisotopic (exact) mass is 308 g/mol. The number of rotatable bonds is 2. The van der Waals surface area contributed by atoms with Gasteiger partial charge < -0.3 is 4.42 Å². The molecule has 2 aromatic carbocycles. The lowest BCUT2D eigenvalue weighted by Crippen LogP contribution is -2.32. The van der Waals surface area contributed by atoms with E-state index in [4.69, 9.17) is 9.68 Å². The average molecular weight is 308 g/mol. The van der Waals surface area contributed by atoms with Crippen molar-refractivity contribution in [3.05, 3.63) is 59.9 Å². The fourth-order valence-electron chi connectivity index (χ4n) is 2.79. The van der Waals surface area contributed by atoms with Crippen LogP contribution in [0.1, 0.15) is 11.6 Å². The van der Waals surface area contributed by atoms with Gasteiger partial charge in [-0.05, 0) is 29.8 Å². The molecule has 0 radical (unpaired) electrons. The van der Waals surface area contributed by atoms with Crippen LogP contribution in [0.3, 0.4) is 0 Å². The quantitative estimate of drug-likeness (QED) is 0.679. The van der Waals surface area contributed by atoms with E-state index >= 15 is 0 Å². The Bertz CT molecular complexity index is 881. The van der Waals surface area contributed by atoms with E-state index in [1.54, 1.807) is 12.1 Å². The summed E-state index contributed by atoms with van der Waals surface area (Å²) in [6.07, 6.45) is 0. The highest BCUT2D eigenvalue weighted by atomic mass is 19.1. The third kappa shape index (κ3) is 2.37. The van der Waals surface area contributed by atoms with Gasteiger partial charge in [-0.25, -0.2) is 15.2 Å². The molecule has 1 saturated heterocycles. The summed E-state index contributed by atoms with van der Waals surface area (Å²) in [6, 6.07) is 15.6. The molecule has 2 unspecified atom stereocenters. The Hall–Kier alpha value is -2.72. The molecule has 4 rings (SSSR count). The highest BCUT2D eigenvalue weighted by Gasteiger charge is 2.28. The first-order valence-corrected chi connectivity index (χ1v) is 7.20. The third-order valence-corrected chi connectivity index (χ3v) is 3.97. The summed E-state index contributed by atoms with van der Waals surface area (Å²) in [5, 5.41) is 10.1. The molecule has 5 nitrogen and oxygen atoms in total. The van der Waals surface area contributed by atoms with Crippen LogP contribution in [0.25, 0.3) is 22.3 Å². The van der Waals surface area contributed by atoms with E-state index < -0.39 is 6.04 Å². The van der Waals surface area contributed by atoms with E-state index in [1.165, 1.54) is 6.07 Å². The molecule has 1 aliphatic rings. The van der Waals surface area contributed by atoms with E-state index in [1.807, 2.05) is 30.3 Å². The molecule has 0 spiro atoms. The van der Waals surface area contributed by atoms with Crippen molar-refractivity contribution in [3.8, 4) is 17.4 Å². The van der Waals surface area contributed by atoms with E-state index in [-0.39, 0.29) is 11.9 Å². The smallest absolute Gasteiger partial charge is 0.138 e. The van der Waals surface area contributed by atoms with Crippen molar-refractivity contribution >= 4 is 11.0 Å². The SMILES string of the molecule is N#CC1NNNC1c1ccc(F)c(-c2cc3ccccc3o2)c1. The van der Waals surface area contributed by atoms with E-state index in [9.17, 15) is 4.39 Å². The van der Waals surface area contributed by atoms with Gasteiger partial charge in [0, 0.05) is 5.39 Å². The predicted molar refractivity (Wildman–Crippen MR) is 83.2 cm³/mol. The van der Waals surface area contributed by atoms with Gasteiger partial charge in [0.15, 0.2) is 0 Å². The lowest BCUT2D eigenvalue weighted by Gasteiger charge is -2.13. The number of nitrogens with zero attached hydrogens (tertiary/aromatic N) is 1. The van der Waals surface area contributed by atoms with E-state index in [0.717, 1.165) is 10.9 Å². The van der Waals surface area contributed by atoms with Gasteiger partial charge in [-0.2, -0.15) is 10.8 Å². The molecule has 0 aliphatic carbocycles. The van der Waals surface area contributed by atoms with Crippen LogP contribution in [0, 0.1) is 17.1 Å². The Morgan fingerprint density at radius 1 is 1.09 bits per heavy atom. The van der Waals surface area contributed by atoms with E-state index in [2.05, 4.69) is 22.5 Å². The highest BCUT2D eigenvalue weighted by molar-refractivity contribution is 5.82. The maximum atomic E-state index is 14.3. The van der Waals surface area contributed by atoms with Crippen LogP contribution in [-0.4, -0.2) is 6.04 Å². The Labute approximate surface area is 131 Å². The zero-order chi connectivity index (χ0) is 15.8. The van der Waals surface area contributed by atoms with Crippen molar-refractivity contribution in [3.63, 3.8) is 0 Å². The number of hydrogen-bond donors (Lipinski definition) is 3. The van der Waals surface area contributed by atoms with Crippen molar-refractivity contribution in [2.45, 2.75) is 12.1 Å². The fourth-order valence-corrected chi connectivity index (χ4v) is 2.79.